The highest BCUT2D eigenvalue weighted by Crippen LogP contribution is 2.34. The van der Waals surface area contributed by atoms with Gasteiger partial charge < -0.3 is 24.7 Å². The van der Waals surface area contributed by atoms with Crippen LogP contribution >= 0.6 is 0 Å². The van der Waals surface area contributed by atoms with Crippen LogP contribution in [0.3, 0.4) is 0 Å². The lowest BCUT2D eigenvalue weighted by Crippen LogP contribution is -2.49. The van der Waals surface area contributed by atoms with Crippen LogP contribution in [0.25, 0.3) is 11.3 Å². The van der Waals surface area contributed by atoms with E-state index in [0.717, 1.165) is 33.7 Å². The average molecular weight is 595 g/mol. The maximum Gasteiger partial charge on any atom is 0.408 e. The van der Waals surface area contributed by atoms with Gasteiger partial charge in [0, 0.05) is 24.9 Å². The second kappa shape index (κ2) is 12.6. The number of imidazole rings is 1. The Labute approximate surface area is 259 Å². The summed E-state index contributed by atoms with van der Waals surface area (Å²) >= 11 is 0. The summed E-state index contributed by atoms with van der Waals surface area (Å²) < 4.78 is 11.9. The van der Waals surface area contributed by atoms with Gasteiger partial charge in [-0.1, -0.05) is 66.7 Å². The Morgan fingerprint density at radius 3 is 2.25 bits per heavy atom. The summed E-state index contributed by atoms with van der Waals surface area (Å²) in [5.41, 5.74) is 4.11. The third-order valence-corrected chi connectivity index (χ3v) is 7.30. The van der Waals surface area contributed by atoms with Gasteiger partial charge in [0.15, 0.2) is 6.10 Å². The number of benzene rings is 3. The molecule has 2 atom stereocenters. The van der Waals surface area contributed by atoms with Crippen molar-refractivity contribution in [2.75, 3.05) is 0 Å². The molecule has 5 rings (SSSR count). The number of rotatable bonds is 7. The maximum absolute atomic E-state index is 14.5. The smallest absolute Gasteiger partial charge is 0.408 e. The number of ether oxygens (including phenoxy) is 2. The van der Waals surface area contributed by atoms with Gasteiger partial charge in [-0.25, -0.2) is 9.78 Å². The fourth-order valence-electron chi connectivity index (χ4n) is 5.36. The van der Waals surface area contributed by atoms with E-state index in [1.54, 1.807) is 11.1 Å². The molecule has 0 spiro atoms. The molecule has 1 aliphatic rings. The van der Waals surface area contributed by atoms with Crippen LogP contribution in [-0.4, -0.2) is 44.1 Å². The normalized spacial score (nSPS) is 15.7. The van der Waals surface area contributed by atoms with Gasteiger partial charge >= 0.3 is 6.09 Å². The van der Waals surface area contributed by atoms with Crippen molar-refractivity contribution in [1.82, 2.24) is 20.2 Å². The molecular weight excluding hydrogens is 552 g/mol. The second-order valence-corrected chi connectivity index (χ2v) is 13.3. The Balaban J connectivity index is 1.46. The summed E-state index contributed by atoms with van der Waals surface area (Å²) in [6.07, 6.45) is 0.915. The standard InChI is InChI=1S/C36H42N4O4/c1-35(2,3)39-34(42)43-31(20-24-16-18-28(19-17-24)44-36(4,5)6)33(41)40-23-27-15-11-10-14-26(27)21-30(40)32-37-22-29(38-32)25-12-8-7-9-13-25/h7-19,22,30-31H,20-21,23H2,1-6H3,(H,37,38)(H,39,42). The summed E-state index contributed by atoms with van der Waals surface area (Å²) in [4.78, 5) is 37.5. The third-order valence-electron chi connectivity index (χ3n) is 7.30. The minimum absolute atomic E-state index is 0.213. The Morgan fingerprint density at radius 2 is 1.59 bits per heavy atom. The van der Waals surface area contributed by atoms with Crippen LogP contribution < -0.4 is 10.1 Å². The number of aromatic nitrogens is 2. The molecule has 8 nitrogen and oxygen atoms in total. The van der Waals surface area contributed by atoms with Gasteiger partial charge in [-0.15, -0.1) is 0 Å². The molecular formula is C36H42N4O4. The number of H-pyrrole nitrogens is 1. The van der Waals surface area contributed by atoms with Crippen molar-refractivity contribution in [3.8, 4) is 17.0 Å². The zero-order chi connectivity index (χ0) is 31.5. The number of hydrogen-bond acceptors (Lipinski definition) is 5. The SMILES string of the molecule is CC(C)(C)NC(=O)OC(Cc1ccc(OC(C)(C)C)cc1)C(=O)N1Cc2ccccc2CC1c1ncc(-c2ccccc2)[nH]1. The molecule has 3 aromatic carbocycles. The third kappa shape index (κ3) is 7.86. The highest BCUT2D eigenvalue weighted by molar-refractivity contribution is 5.84. The highest BCUT2D eigenvalue weighted by Gasteiger charge is 2.38. The number of carbonyl (C=O) groups excluding carboxylic acids is 2. The quantitative estimate of drug-likeness (QED) is 0.240. The van der Waals surface area contributed by atoms with Gasteiger partial charge in [0.25, 0.3) is 5.91 Å². The van der Waals surface area contributed by atoms with E-state index in [0.29, 0.717) is 18.8 Å². The van der Waals surface area contributed by atoms with Crippen molar-refractivity contribution in [1.29, 1.82) is 0 Å². The minimum atomic E-state index is -1.05. The molecule has 2 amide bonds. The van der Waals surface area contributed by atoms with Crippen LogP contribution in [0.1, 0.15) is 70.1 Å². The number of nitrogens with one attached hydrogen (secondary N) is 2. The predicted molar refractivity (Wildman–Crippen MR) is 171 cm³/mol. The molecule has 2 unspecified atom stereocenters. The Kier molecular flexibility index (Phi) is 8.81. The van der Waals surface area contributed by atoms with E-state index >= 15 is 0 Å². The molecule has 0 radical (unpaired) electrons. The number of alkyl carbamates (subject to hydrolysis) is 1. The molecule has 4 aromatic rings. The molecule has 44 heavy (non-hydrogen) atoms. The molecule has 0 saturated heterocycles. The summed E-state index contributed by atoms with van der Waals surface area (Å²) in [6, 6.07) is 25.3. The van der Waals surface area contributed by atoms with E-state index in [9.17, 15) is 9.59 Å². The van der Waals surface area contributed by atoms with Crippen molar-refractivity contribution >= 4 is 12.0 Å². The summed E-state index contributed by atoms with van der Waals surface area (Å²) in [5.74, 6) is 1.14. The molecule has 0 bridgehead atoms. The number of carbonyl (C=O) groups is 2. The summed E-state index contributed by atoms with van der Waals surface area (Å²) in [5, 5.41) is 2.84. The zero-order valence-corrected chi connectivity index (χ0v) is 26.4. The number of aromatic amines is 1. The van der Waals surface area contributed by atoms with E-state index in [1.807, 2.05) is 114 Å². The second-order valence-electron chi connectivity index (χ2n) is 13.3. The Morgan fingerprint density at radius 1 is 0.932 bits per heavy atom. The lowest BCUT2D eigenvalue weighted by atomic mass is 9.92. The number of nitrogens with zero attached hydrogens (tertiary/aromatic N) is 2. The maximum atomic E-state index is 14.5. The molecule has 1 aromatic heterocycles. The van der Waals surface area contributed by atoms with Gasteiger partial charge in [0.2, 0.25) is 0 Å². The fraction of sp³-hybridized carbons (Fsp3) is 0.361. The van der Waals surface area contributed by atoms with E-state index in [-0.39, 0.29) is 24.0 Å². The molecule has 2 N–H and O–H groups in total. The zero-order valence-electron chi connectivity index (χ0n) is 26.4. The predicted octanol–water partition coefficient (Wildman–Crippen LogP) is 7.02. The average Bonchev–Trinajstić information content (AvgIpc) is 3.46. The number of hydrogen-bond donors (Lipinski definition) is 2. The van der Waals surface area contributed by atoms with E-state index in [4.69, 9.17) is 14.5 Å². The monoisotopic (exact) mass is 594 g/mol. The van der Waals surface area contributed by atoms with E-state index in [2.05, 4.69) is 16.4 Å². The van der Waals surface area contributed by atoms with E-state index < -0.39 is 17.7 Å². The van der Waals surface area contributed by atoms with Crippen molar-refractivity contribution in [2.45, 2.75) is 84.2 Å². The van der Waals surface area contributed by atoms with Crippen molar-refractivity contribution < 1.29 is 19.1 Å². The van der Waals surface area contributed by atoms with Gasteiger partial charge in [0.1, 0.15) is 17.2 Å². The summed E-state index contributed by atoms with van der Waals surface area (Å²) in [7, 11) is 0. The largest absolute Gasteiger partial charge is 0.488 e. The first-order valence-corrected chi connectivity index (χ1v) is 15.1. The van der Waals surface area contributed by atoms with Crippen LogP contribution in [0, 0.1) is 0 Å². The lowest BCUT2D eigenvalue weighted by Gasteiger charge is -2.38. The van der Waals surface area contributed by atoms with Crippen LogP contribution in [0.2, 0.25) is 0 Å². The van der Waals surface area contributed by atoms with Crippen LogP contribution in [0.4, 0.5) is 4.79 Å². The minimum Gasteiger partial charge on any atom is -0.488 e. The van der Waals surface area contributed by atoms with Gasteiger partial charge in [-0.05, 0) is 75.9 Å². The first-order valence-electron chi connectivity index (χ1n) is 15.1. The molecule has 0 fully saturated rings. The van der Waals surface area contributed by atoms with Gasteiger partial charge in [-0.3, -0.25) is 4.79 Å². The van der Waals surface area contributed by atoms with Crippen LogP contribution in [-0.2, 0) is 28.9 Å². The molecule has 2 heterocycles. The Bertz CT molecular complexity index is 1580. The molecule has 8 heteroatoms. The van der Waals surface area contributed by atoms with Gasteiger partial charge in [0.05, 0.1) is 17.9 Å². The first kappa shape index (κ1) is 30.9. The van der Waals surface area contributed by atoms with Crippen molar-refractivity contribution in [3.05, 3.63) is 108 Å². The van der Waals surface area contributed by atoms with Crippen LogP contribution in [0.5, 0.6) is 5.75 Å². The molecule has 0 aliphatic carbocycles. The topological polar surface area (TPSA) is 96.5 Å². The van der Waals surface area contributed by atoms with E-state index in [1.165, 1.54) is 0 Å². The van der Waals surface area contributed by atoms with Crippen molar-refractivity contribution in [3.63, 3.8) is 0 Å². The fourth-order valence-corrected chi connectivity index (χ4v) is 5.36. The van der Waals surface area contributed by atoms with Crippen molar-refractivity contribution in [2.24, 2.45) is 0 Å². The first-order chi connectivity index (χ1) is 20.8. The van der Waals surface area contributed by atoms with Crippen LogP contribution in [0.15, 0.2) is 85.1 Å². The molecule has 1 aliphatic heterocycles. The summed E-state index contributed by atoms with van der Waals surface area (Å²) in [6.45, 7) is 12.0. The lowest BCUT2D eigenvalue weighted by molar-refractivity contribution is -0.144. The number of amides is 2. The van der Waals surface area contributed by atoms with Gasteiger partial charge in [-0.2, -0.15) is 0 Å². The highest BCUT2D eigenvalue weighted by atomic mass is 16.6. The number of fused-ring (bicyclic) bond motifs is 1. The molecule has 0 saturated carbocycles. The molecule has 230 valence electrons. The Hall–Kier alpha value is -4.59.